The van der Waals surface area contributed by atoms with Gasteiger partial charge in [0, 0.05) is 19.5 Å². The van der Waals surface area contributed by atoms with Crippen LogP contribution in [-0.2, 0) is 17.9 Å². The van der Waals surface area contributed by atoms with Crippen LogP contribution in [0, 0.1) is 12.7 Å². The van der Waals surface area contributed by atoms with Gasteiger partial charge in [-0.2, -0.15) is 0 Å². The molecule has 0 unspecified atom stereocenters. The number of oxazole rings is 1. The van der Waals surface area contributed by atoms with E-state index in [4.69, 9.17) is 4.42 Å². The highest BCUT2D eigenvalue weighted by molar-refractivity contribution is 5.76. The fraction of sp³-hybridized carbons (Fsp3) is 0.222. The van der Waals surface area contributed by atoms with Crippen LogP contribution in [0.4, 0.5) is 4.39 Å². The SMILES string of the molecule is Cc1ccc(CNC(=O)CCn2c(=O)oc3ccccc32)cc1F. The second-order valence-electron chi connectivity index (χ2n) is 5.60. The molecule has 0 fully saturated rings. The first-order valence-corrected chi connectivity index (χ1v) is 7.64. The second kappa shape index (κ2) is 6.70. The van der Waals surface area contributed by atoms with E-state index in [0.717, 1.165) is 0 Å². The quantitative estimate of drug-likeness (QED) is 0.783. The van der Waals surface area contributed by atoms with Crippen LogP contribution >= 0.6 is 0 Å². The van der Waals surface area contributed by atoms with Crippen LogP contribution in [0.3, 0.4) is 0 Å². The van der Waals surface area contributed by atoms with Crippen molar-refractivity contribution in [1.82, 2.24) is 9.88 Å². The minimum absolute atomic E-state index is 0.137. The number of hydrogen-bond acceptors (Lipinski definition) is 3. The van der Waals surface area contributed by atoms with E-state index < -0.39 is 5.76 Å². The second-order valence-corrected chi connectivity index (χ2v) is 5.60. The van der Waals surface area contributed by atoms with Crippen LogP contribution in [0.2, 0.25) is 0 Å². The molecule has 0 aliphatic rings. The van der Waals surface area contributed by atoms with Crippen molar-refractivity contribution in [3.8, 4) is 0 Å². The van der Waals surface area contributed by atoms with Gasteiger partial charge in [-0.25, -0.2) is 9.18 Å². The third kappa shape index (κ3) is 3.37. The van der Waals surface area contributed by atoms with Gasteiger partial charge in [-0.15, -0.1) is 0 Å². The van der Waals surface area contributed by atoms with E-state index in [1.807, 2.05) is 0 Å². The lowest BCUT2D eigenvalue weighted by Crippen LogP contribution is -2.25. The van der Waals surface area contributed by atoms with Gasteiger partial charge in [0.1, 0.15) is 5.82 Å². The van der Waals surface area contributed by atoms with Crippen molar-refractivity contribution >= 4 is 17.0 Å². The lowest BCUT2D eigenvalue weighted by molar-refractivity contribution is -0.121. The number of para-hydroxylation sites is 2. The van der Waals surface area contributed by atoms with E-state index >= 15 is 0 Å². The van der Waals surface area contributed by atoms with E-state index in [1.54, 1.807) is 43.3 Å². The number of aromatic nitrogens is 1. The first kappa shape index (κ1) is 16.0. The Balaban J connectivity index is 1.60. The topological polar surface area (TPSA) is 64.2 Å². The summed E-state index contributed by atoms with van der Waals surface area (Å²) < 4.78 is 20.0. The number of hydrogen-bond donors (Lipinski definition) is 1. The molecule has 1 heterocycles. The van der Waals surface area contributed by atoms with Crippen molar-refractivity contribution in [2.24, 2.45) is 0 Å². The number of carbonyl (C=O) groups excluding carboxylic acids is 1. The summed E-state index contributed by atoms with van der Waals surface area (Å²) in [6.45, 7) is 2.16. The van der Waals surface area contributed by atoms with E-state index in [0.29, 0.717) is 22.2 Å². The number of nitrogens with one attached hydrogen (secondary N) is 1. The predicted molar refractivity (Wildman–Crippen MR) is 88.1 cm³/mol. The Morgan fingerprint density at radius 1 is 1.25 bits per heavy atom. The molecule has 1 amide bonds. The number of aryl methyl sites for hydroxylation is 2. The molecular formula is C18H17FN2O3. The molecule has 3 aromatic rings. The molecule has 0 saturated carbocycles. The third-order valence-corrected chi connectivity index (χ3v) is 3.86. The molecule has 0 bridgehead atoms. The van der Waals surface area contributed by atoms with Gasteiger partial charge in [0.15, 0.2) is 5.58 Å². The maximum atomic E-state index is 13.5. The first-order valence-electron chi connectivity index (χ1n) is 7.64. The number of amides is 1. The molecule has 0 saturated heterocycles. The fourth-order valence-corrected chi connectivity index (χ4v) is 2.47. The molecule has 0 spiro atoms. The Kier molecular flexibility index (Phi) is 4.46. The number of halogens is 1. The molecule has 1 aromatic heterocycles. The number of fused-ring (bicyclic) bond motifs is 1. The number of benzene rings is 2. The summed E-state index contributed by atoms with van der Waals surface area (Å²) in [5.41, 5.74) is 2.42. The average molecular weight is 328 g/mol. The summed E-state index contributed by atoms with van der Waals surface area (Å²) in [6.07, 6.45) is 0.137. The van der Waals surface area contributed by atoms with E-state index in [9.17, 15) is 14.0 Å². The fourth-order valence-electron chi connectivity index (χ4n) is 2.47. The van der Waals surface area contributed by atoms with Gasteiger partial charge >= 0.3 is 5.76 Å². The molecule has 0 aliphatic heterocycles. The molecule has 24 heavy (non-hydrogen) atoms. The van der Waals surface area contributed by atoms with E-state index in [1.165, 1.54) is 10.6 Å². The van der Waals surface area contributed by atoms with Crippen LogP contribution < -0.4 is 11.1 Å². The maximum absolute atomic E-state index is 13.5. The van der Waals surface area contributed by atoms with Gasteiger partial charge in [-0.05, 0) is 36.2 Å². The van der Waals surface area contributed by atoms with Gasteiger partial charge in [0.2, 0.25) is 5.91 Å². The monoisotopic (exact) mass is 328 g/mol. The molecule has 124 valence electrons. The number of carbonyl (C=O) groups is 1. The summed E-state index contributed by atoms with van der Waals surface area (Å²) in [6, 6.07) is 11.9. The normalized spacial score (nSPS) is 10.9. The largest absolute Gasteiger partial charge is 0.419 e. The Hall–Kier alpha value is -2.89. The molecule has 0 radical (unpaired) electrons. The lowest BCUT2D eigenvalue weighted by atomic mass is 10.1. The van der Waals surface area contributed by atoms with Crippen molar-refractivity contribution in [2.75, 3.05) is 0 Å². The molecule has 5 nitrogen and oxygen atoms in total. The zero-order valence-electron chi connectivity index (χ0n) is 13.2. The Labute approximate surface area is 137 Å². The average Bonchev–Trinajstić information content (AvgIpc) is 2.89. The maximum Gasteiger partial charge on any atom is 0.419 e. The van der Waals surface area contributed by atoms with Gasteiger partial charge < -0.3 is 9.73 Å². The van der Waals surface area contributed by atoms with Crippen LogP contribution in [-0.4, -0.2) is 10.5 Å². The summed E-state index contributed by atoms with van der Waals surface area (Å²) in [5.74, 6) is -0.990. The minimum atomic E-state index is -0.482. The third-order valence-electron chi connectivity index (χ3n) is 3.86. The van der Waals surface area contributed by atoms with Crippen LogP contribution in [0.25, 0.3) is 11.1 Å². The van der Waals surface area contributed by atoms with Crippen LogP contribution in [0.5, 0.6) is 0 Å². The van der Waals surface area contributed by atoms with Gasteiger partial charge in [0.25, 0.3) is 0 Å². The Morgan fingerprint density at radius 2 is 2.04 bits per heavy atom. The summed E-state index contributed by atoms with van der Waals surface area (Å²) in [7, 11) is 0. The summed E-state index contributed by atoms with van der Waals surface area (Å²) >= 11 is 0. The smallest absolute Gasteiger partial charge is 0.408 e. The number of nitrogens with zero attached hydrogens (tertiary/aromatic N) is 1. The standard InChI is InChI=1S/C18H17FN2O3/c1-12-6-7-13(10-14(12)19)11-20-17(22)8-9-21-15-4-2-3-5-16(15)24-18(21)23/h2-7,10H,8-9,11H2,1H3,(H,20,22). The van der Waals surface area contributed by atoms with Crippen molar-refractivity contribution < 1.29 is 13.6 Å². The molecule has 6 heteroatoms. The highest BCUT2D eigenvalue weighted by Gasteiger charge is 2.10. The van der Waals surface area contributed by atoms with Crippen LogP contribution in [0.1, 0.15) is 17.5 Å². The van der Waals surface area contributed by atoms with Gasteiger partial charge in [0.05, 0.1) is 5.52 Å². The van der Waals surface area contributed by atoms with Crippen molar-refractivity contribution in [3.05, 3.63) is 70.0 Å². The zero-order chi connectivity index (χ0) is 17.1. The Morgan fingerprint density at radius 3 is 2.83 bits per heavy atom. The molecule has 2 aromatic carbocycles. The van der Waals surface area contributed by atoms with Crippen LogP contribution in [0.15, 0.2) is 51.7 Å². The molecule has 0 atom stereocenters. The molecule has 3 rings (SSSR count). The summed E-state index contributed by atoms with van der Waals surface area (Å²) in [5, 5.41) is 2.72. The van der Waals surface area contributed by atoms with Gasteiger partial charge in [-0.1, -0.05) is 24.3 Å². The molecular weight excluding hydrogens is 311 g/mol. The summed E-state index contributed by atoms with van der Waals surface area (Å²) in [4.78, 5) is 23.8. The van der Waals surface area contributed by atoms with Crippen molar-refractivity contribution in [3.63, 3.8) is 0 Å². The zero-order valence-corrected chi connectivity index (χ0v) is 13.2. The number of rotatable bonds is 5. The van der Waals surface area contributed by atoms with E-state index in [-0.39, 0.29) is 31.2 Å². The minimum Gasteiger partial charge on any atom is -0.408 e. The van der Waals surface area contributed by atoms with Gasteiger partial charge in [-0.3, -0.25) is 9.36 Å². The Bertz CT molecular complexity index is 943. The van der Waals surface area contributed by atoms with Crippen molar-refractivity contribution in [2.45, 2.75) is 26.4 Å². The lowest BCUT2D eigenvalue weighted by Gasteiger charge is -2.07. The molecule has 1 N–H and O–H groups in total. The first-order chi connectivity index (χ1) is 11.5. The predicted octanol–water partition coefficient (Wildman–Crippen LogP) is 2.75. The highest BCUT2D eigenvalue weighted by atomic mass is 19.1. The highest BCUT2D eigenvalue weighted by Crippen LogP contribution is 2.12. The molecule has 0 aliphatic carbocycles. The van der Waals surface area contributed by atoms with E-state index in [2.05, 4.69) is 5.32 Å². The van der Waals surface area contributed by atoms with Crippen molar-refractivity contribution in [1.29, 1.82) is 0 Å².